The molecule has 0 radical (unpaired) electrons. The Kier molecular flexibility index (Phi) is 2.97. The number of halogens is 2. The molecule has 0 unspecified atom stereocenters. The third-order valence-electron chi connectivity index (χ3n) is 1.20. The zero-order valence-corrected chi connectivity index (χ0v) is 9.52. The van der Waals surface area contributed by atoms with Crippen LogP contribution in [0.3, 0.4) is 0 Å². The monoisotopic (exact) mass is 317 g/mol. The fraction of sp³-hybridized carbons (Fsp3) is 0. The molecule has 0 aliphatic rings. The van der Waals surface area contributed by atoms with E-state index in [1.807, 2.05) is 22.6 Å². The second-order valence-corrected chi connectivity index (χ2v) is 5.16. The fourth-order valence-corrected chi connectivity index (χ4v) is 3.51. The van der Waals surface area contributed by atoms with E-state index in [1.54, 1.807) is 12.1 Å². The zero-order valence-electron chi connectivity index (χ0n) is 5.79. The molecule has 0 bridgehead atoms. The minimum atomic E-state index is -3.70. The van der Waals surface area contributed by atoms with Crippen molar-refractivity contribution in [3.05, 3.63) is 26.8 Å². The smallest absolute Gasteiger partial charge is 0.225 e. The Morgan fingerprint density at radius 3 is 2.33 bits per heavy atom. The Labute approximate surface area is 89.1 Å². The van der Waals surface area contributed by atoms with Gasteiger partial charge in [0.25, 0.3) is 0 Å². The SMILES string of the molecule is NS(=O)(=O)c1c(Cl)cccc1I. The highest BCUT2D eigenvalue weighted by atomic mass is 127. The summed E-state index contributed by atoms with van der Waals surface area (Å²) in [5, 5.41) is 5.10. The van der Waals surface area contributed by atoms with E-state index < -0.39 is 10.0 Å². The molecule has 0 atom stereocenters. The molecule has 66 valence electrons. The van der Waals surface area contributed by atoms with Gasteiger partial charge in [-0.2, -0.15) is 0 Å². The molecule has 1 rings (SSSR count). The van der Waals surface area contributed by atoms with Crippen molar-refractivity contribution in [3.8, 4) is 0 Å². The molecule has 1 aromatic rings. The van der Waals surface area contributed by atoms with Gasteiger partial charge in [-0.05, 0) is 34.7 Å². The van der Waals surface area contributed by atoms with Gasteiger partial charge in [-0.15, -0.1) is 0 Å². The Morgan fingerprint density at radius 1 is 1.42 bits per heavy atom. The van der Waals surface area contributed by atoms with Crippen LogP contribution in [0.4, 0.5) is 0 Å². The van der Waals surface area contributed by atoms with Gasteiger partial charge in [0.1, 0.15) is 4.90 Å². The van der Waals surface area contributed by atoms with Gasteiger partial charge in [-0.25, -0.2) is 13.6 Å². The highest BCUT2D eigenvalue weighted by molar-refractivity contribution is 14.1. The van der Waals surface area contributed by atoms with E-state index in [0.29, 0.717) is 3.57 Å². The first kappa shape index (κ1) is 10.2. The molecule has 0 saturated heterocycles. The first-order valence-electron chi connectivity index (χ1n) is 2.90. The predicted molar refractivity (Wildman–Crippen MR) is 55.5 cm³/mol. The van der Waals surface area contributed by atoms with Gasteiger partial charge in [0.2, 0.25) is 10.0 Å². The summed E-state index contributed by atoms with van der Waals surface area (Å²) in [5.41, 5.74) is 0. The normalized spacial score (nSPS) is 11.6. The second kappa shape index (κ2) is 3.49. The van der Waals surface area contributed by atoms with Crippen LogP contribution in [0.5, 0.6) is 0 Å². The fourth-order valence-electron chi connectivity index (χ4n) is 0.754. The lowest BCUT2D eigenvalue weighted by Gasteiger charge is -2.02. The number of nitrogens with two attached hydrogens (primary N) is 1. The van der Waals surface area contributed by atoms with Gasteiger partial charge in [0.15, 0.2) is 0 Å². The molecule has 1 aromatic carbocycles. The van der Waals surface area contributed by atoms with E-state index in [1.165, 1.54) is 6.07 Å². The van der Waals surface area contributed by atoms with Crippen molar-refractivity contribution in [2.24, 2.45) is 5.14 Å². The third kappa shape index (κ3) is 2.09. The minimum absolute atomic E-state index is 0.00716. The number of primary sulfonamides is 1. The van der Waals surface area contributed by atoms with Crippen LogP contribution in [-0.4, -0.2) is 8.42 Å². The molecule has 0 heterocycles. The first-order chi connectivity index (χ1) is 5.43. The maximum Gasteiger partial charge on any atom is 0.240 e. The van der Waals surface area contributed by atoms with Crippen molar-refractivity contribution in [2.45, 2.75) is 4.90 Å². The van der Waals surface area contributed by atoms with Crippen LogP contribution in [-0.2, 0) is 10.0 Å². The Morgan fingerprint density at radius 2 is 2.00 bits per heavy atom. The van der Waals surface area contributed by atoms with E-state index in [0.717, 1.165) is 0 Å². The molecule has 0 amide bonds. The van der Waals surface area contributed by atoms with Gasteiger partial charge in [0, 0.05) is 3.57 Å². The highest BCUT2D eigenvalue weighted by Gasteiger charge is 2.15. The van der Waals surface area contributed by atoms with Gasteiger partial charge < -0.3 is 0 Å². The quantitative estimate of drug-likeness (QED) is 0.800. The summed E-state index contributed by atoms with van der Waals surface area (Å²) < 4.78 is 22.5. The predicted octanol–water partition coefficient (Wildman–Crippen LogP) is 1.59. The van der Waals surface area contributed by atoms with Gasteiger partial charge in [-0.1, -0.05) is 17.7 Å². The maximum atomic E-state index is 11.0. The van der Waals surface area contributed by atoms with Gasteiger partial charge in [-0.3, -0.25) is 0 Å². The van der Waals surface area contributed by atoms with Crippen molar-refractivity contribution in [2.75, 3.05) is 0 Å². The number of rotatable bonds is 1. The minimum Gasteiger partial charge on any atom is -0.225 e. The van der Waals surface area contributed by atoms with Crippen molar-refractivity contribution >= 4 is 44.2 Å². The molecule has 6 heteroatoms. The standard InChI is InChI=1S/C6H5ClINO2S/c7-4-2-1-3-5(8)6(4)12(9,10)11/h1-3H,(H2,9,10,11). The van der Waals surface area contributed by atoms with Crippen molar-refractivity contribution in [1.29, 1.82) is 0 Å². The number of hydrogen-bond donors (Lipinski definition) is 1. The Hall–Kier alpha value is 0.150. The molecule has 0 aliphatic carbocycles. The lowest BCUT2D eigenvalue weighted by molar-refractivity contribution is 0.597. The van der Waals surface area contributed by atoms with Crippen LogP contribution in [0.15, 0.2) is 23.1 Å². The van der Waals surface area contributed by atoms with E-state index >= 15 is 0 Å². The zero-order chi connectivity index (χ0) is 9.35. The van der Waals surface area contributed by atoms with Crippen LogP contribution in [0.2, 0.25) is 5.02 Å². The van der Waals surface area contributed by atoms with E-state index in [4.69, 9.17) is 16.7 Å². The van der Waals surface area contributed by atoms with E-state index in [2.05, 4.69) is 0 Å². The third-order valence-corrected chi connectivity index (χ3v) is 3.90. The van der Waals surface area contributed by atoms with Crippen LogP contribution in [0, 0.1) is 3.57 Å². The van der Waals surface area contributed by atoms with Crippen LogP contribution in [0.1, 0.15) is 0 Å². The molecular formula is C6H5ClINO2S. The van der Waals surface area contributed by atoms with Crippen molar-refractivity contribution in [1.82, 2.24) is 0 Å². The number of sulfonamides is 1. The molecule has 0 aromatic heterocycles. The molecule has 2 N–H and O–H groups in total. The van der Waals surface area contributed by atoms with E-state index in [-0.39, 0.29) is 9.92 Å². The topological polar surface area (TPSA) is 60.2 Å². The summed E-state index contributed by atoms with van der Waals surface area (Å²) in [5.74, 6) is 0. The molecular weight excluding hydrogens is 312 g/mol. The first-order valence-corrected chi connectivity index (χ1v) is 5.90. The van der Waals surface area contributed by atoms with Crippen LogP contribution in [0.25, 0.3) is 0 Å². The summed E-state index contributed by atoms with van der Waals surface area (Å²) in [7, 11) is -3.70. The summed E-state index contributed by atoms with van der Waals surface area (Å²) >= 11 is 7.52. The van der Waals surface area contributed by atoms with E-state index in [9.17, 15) is 8.42 Å². The maximum absolute atomic E-state index is 11.0. The van der Waals surface area contributed by atoms with Gasteiger partial charge in [0.05, 0.1) is 5.02 Å². The summed E-state index contributed by atoms with van der Waals surface area (Å²) in [6, 6.07) is 4.79. The lowest BCUT2D eigenvalue weighted by atomic mass is 10.4. The average molecular weight is 318 g/mol. The molecule has 3 nitrogen and oxygen atoms in total. The summed E-state index contributed by atoms with van der Waals surface area (Å²) in [6.07, 6.45) is 0. The number of benzene rings is 1. The molecule has 0 spiro atoms. The van der Waals surface area contributed by atoms with Crippen LogP contribution < -0.4 is 5.14 Å². The summed E-state index contributed by atoms with van der Waals surface area (Å²) in [4.78, 5) is -0.00716. The molecule has 0 saturated carbocycles. The van der Waals surface area contributed by atoms with Crippen molar-refractivity contribution < 1.29 is 8.42 Å². The molecule has 12 heavy (non-hydrogen) atoms. The lowest BCUT2D eigenvalue weighted by Crippen LogP contribution is -2.14. The largest absolute Gasteiger partial charge is 0.240 e. The van der Waals surface area contributed by atoms with Gasteiger partial charge >= 0.3 is 0 Å². The second-order valence-electron chi connectivity index (χ2n) is 2.10. The Balaban J connectivity index is 3.53. The molecule has 0 aliphatic heterocycles. The Bertz CT molecular complexity index is 384. The van der Waals surface area contributed by atoms with Crippen LogP contribution >= 0.6 is 34.2 Å². The molecule has 0 fully saturated rings. The highest BCUT2D eigenvalue weighted by Crippen LogP contribution is 2.24. The summed E-state index contributed by atoms with van der Waals surface area (Å²) in [6.45, 7) is 0. The number of hydrogen-bond acceptors (Lipinski definition) is 2. The average Bonchev–Trinajstić information content (AvgIpc) is 1.82. The van der Waals surface area contributed by atoms with Crippen molar-refractivity contribution in [3.63, 3.8) is 0 Å².